The number of rotatable bonds is 5. The Morgan fingerprint density at radius 1 is 1.30 bits per heavy atom. The Morgan fingerprint density at radius 3 is 2.57 bits per heavy atom. The highest BCUT2D eigenvalue weighted by molar-refractivity contribution is 5.82. The molecule has 23 heavy (non-hydrogen) atoms. The van der Waals surface area contributed by atoms with E-state index in [1.165, 1.54) is 0 Å². The highest BCUT2D eigenvalue weighted by atomic mass is 16.4. The maximum absolute atomic E-state index is 12.8. The summed E-state index contributed by atoms with van der Waals surface area (Å²) < 4.78 is 0. The van der Waals surface area contributed by atoms with Crippen LogP contribution in [0.5, 0.6) is 0 Å². The second kappa shape index (κ2) is 7.59. The molecule has 2 rings (SSSR count). The van der Waals surface area contributed by atoms with Crippen molar-refractivity contribution in [2.24, 2.45) is 5.92 Å². The zero-order chi connectivity index (χ0) is 17.0. The first-order valence-corrected chi connectivity index (χ1v) is 8.17. The van der Waals surface area contributed by atoms with Crippen molar-refractivity contribution >= 4 is 11.9 Å². The largest absolute Gasteiger partial charge is 0.481 e. The Bertz CT molecular complexity index is 546. The van der Waals surface area contributed by atoms with Crippen LogP contribution in [0.4, 0.5) is 0 Å². The molecule has 0 bridgehead atoms. The van der Waals surface area contributed by atoms with Gasteiger partial charge in [-0.05, 0) is 39.3 Å². The zero-order valence-electron chi connectivity index (χ0n) is 14.1. The van der Waals surface area contributed by atoms with Gasteiger partial charge in [0.05, 0.1) is 12.0 Å². The normalized spacial score (nSPS) is 22.9. The van der Waals surface area contributed by atoms with Gasteiger partial charge in [0.15, 0.2) is 0 Å². The number of carbonyl (C=O) groups is 2. The van der Waals surface area contributed by atoms with Crippen LogP contribution in [0.25, 0.3) is 0 Å². The molecule has 3 unspecified atom stereocenters. The Morgan fingerprint density at radius 2 is 1.96 bits per heavy atom. The topological polar surface area (TPSA) is 60.9 Å². The smallest absolute Gasteiger partial charge is 0.308 e. The number of piperidine rings is 1. The van der Waals surface area contributed by atoms with Gasteiger partial charge in [0.25, 0.3) is 0 Å². The van der Waals surface area contributed by atoms with Crippen molar-refractivity contribution in [3.63, 3.8) is 0 Å². The number of aliphatic carboxylic acids is 1. The first-order valence-electron chi connectivity index (χ1n) is 8.17. The monoisotopic (exact) mass is 318 g/mol. The van der Waals surface area contributed by atoms with Crippen LogP contribution in [0.2, 0.25) is 0 Å². The lowest BCUT2D eigenvalue weighted by atomic mass is 9.93. The number of likely N-dealkylation sites (tertiary alicyclic amines) is 1. The molecule has 126 valence electrons. The molecular weight excluding hydrogens is 292 g/mol. The number of carbonyl (C=O) groups excluding carboxylic acids is 1. The second-order valence-electron chi connectivity index (χ2n) is 6.53. The van der Waals surface area contributed by atoms with Crippen molar-refractivity contribution in [1.82, 2.24) is 9.80 Å². The lowest BCUT2D eigenvalue weighted by molar-refractivity contribution is -0.148. The molecular formula is C18H26N2O3. The number of amides is 1. The van der Waals surface area contributed by atoms with Gasteiger partial charge in [-0.3, -0.25) is 14.5 Å². The molecule has 1 aliphatic heterocycles. The Kier molecular flexibility index (Phi) is 5.77. The second-order valence-corrected chi connectivity index (χ2v) is 6.53. The number of carboxylic acid groups (broad SMARTS) is 1. The number of hydrogen-bond donors (Lipinski definition) is 1. The zero-order valence-corrected chi connectivity index (χ0v) is 14.1. The third kappa shape index (κ3) is 4.32. The van der Waals surface area contributed by atoms with Gasteiger partial charge in [-0.2, -0.15) is 0 Å². The molecule has 5 heteroatoms. The van der Waals surface area contributed by atoms with Crippen molar-refractivity contribution < 1.29 is 14.7 Å². The molecule has 1 heterocycles. The number of benzene rings is 1. The van der Waals surface area contributed by atoms with Crippen LogP contribution in [0.1, 0.15) is 32.3 Å². The molecule has 0 spiro atoms. The molecule has 1 aliphatic rings. The summed E-state index contributed by atoms with van der Waals surface area (Å²) in [7, 11) is 1.93. The minimum absolute atomic E-state index is 0.0156. The van der Waals surface area contributed by atoms with Crippen LogP contribution < -0.4 is 0 Å². The molecule has 1 fully saturated rings. The van der Waals surface area contributed by atoms with Gasteiger partial charge in [0.2, 0.25) is 5.91 Å². The van der Waals surface area contributed by atoms with Crippen LogP contribution in [-0.2, 0) is 16.1 Å². The molecule has 0 radical (unpaired) electrons. The fourth-order valence-electron chi connectivity index (χ4n) is 3.05. The van der Waals surface area contributed by atoms with Crippen LogP contribution in [0.3, 0.4) is 0 Å². The third-order valence-corrected chi connectivity index (χ3v) is 4.81. The van der Waals surface area contributed by atoms with Crippen molar-refractivity contribution in [3.05, 3.63) is 35.9 Å². The van der Waals surface area contributed by atoms with Gasteiger partial charge < -0.3 is 10.0 Å². The predicted octanol–water partition coefficient (Wildman–Crippen LogP) is 2.22. The van der Waals surface area contributed by atoms with Gasteiger partial charge >= 0.3 is 5.97 Å². The van der Waals surface area contributed by atoms with Crippen molar-refractivity contribution in [2.75, 3.05) is 13.6 Å². The standard InChI is InChI=1S/C18H26N2O3/c1-13-9-10-16(18(22)23)12-20(13)17(21)14(2)19(3)11-15-7-5-4-6-8-15/h4-8,13-14,16H,9-12H2,1-3H3,(H,22,23). The Hall–Kier alpha value is -1.88. The molecule has 1 aromatic rings. The number of nitrogens with zero attached hydrogens (tertiary/aromatic N) is 2. The molecule has 1 N–H and O–H groups in total. The Balaban J connectivity index is 2.01. The maximum atomic E-state index is 12.8. The molecule has 1 aromatic carbocycles. The van der Waals surface area contributed by atoms with Crippen molar-refractivity contribution in [1.29, 1.82) is 0 Å². The lowest BCUT2D eigenvalue weighted by Gasteiger charge is -2.39. The molecule has 0 saturated carbocycles. The lowest BCUT2D eigenvalue weighted by Crippen LogP contribution is -2.53. The highest BCUT2D eigenvalue weighted by Crippen LogP contribution is 2.23. The Labute approximate surface area is 137 Å². The average molecular weight is 318 g/mol. The van der Waals surface area contributed by atoms with E-state index in [1.54, 1.807) is 4.90 Å². The minimum atomic E-state index is -0.806. The van der Waals surface area contributed by atoms with Gasteiger partial charge in [-0.15, -0.1) is 0 Å². The molecule has 1 amide bonds. The maximum Gasteiger partial charge on any atom is 0.308 e. The van der Waals surface area contributed by atoms with E-state index < -0.39 is 11.9 Å². The van der Waals surface area contributed by atoms with Gasteiger partial charge in [-0.1, -0.05) is 30.3 Å². The summed E-state index contributed by atoms with van der Waals surface area (Å²) >= 11 is 0. The predicted molar refractivity (Wildman–Crippen MR) is 88.9 cm³/mol. The van der Waals surface area contributed by atoms with Gasteiger partial charge in [0.1, 0.15) is 0 Å². The summed E-state index contributed by atoms with van der Waals surface area (Å²) in [6.45, 7) is 4.90. The van der Waals surface area contributed by atoms with Gasteiger partial charge in [0, 0.05) is 19.1 Å². The molecule has 0 aliphatic carbocycles. The van der Waals surface area contributed by atoms with Crippen molar-refractivity contribution in [2.45, 2.75) is 45.3 Å². The summed E-state index contributed by atoms with van der Waals surface area (Å²) in [6, 6.07) is 9.85. The van der Waals surface area contributed by atoms with Crippen LogP contribution >= 0.6 is 0 Å². The van der Waals surface area contributed by atoms with Crippen LogP contribution in [0, 0.1) is 5.92 Å². The summed E-state index contributed by atoms with van der Waals surface area (Å²) in [5.41, 5.74) is 1.16. The van der Waals surface area contributed by atoms with Gasteiger partial charge in [-0.25, -0.2) is 0 Å². The van der Waals surface area contributed by atoms with E-state index in [1.807, 2.05) is 56.1 Å². The van der Waals surface area contributed by atoms with E-state index >= 15 is 0 Å². The SMILES string of the molecule is CC(C(=O)N1CC(C(=O)O)CCC1C)N(C)Cc1ccccc1. The minimum Gasteiger partial charge on any atom is -0.481 e. The molecule has 0 aromatic heterocycles. The van der Waals surface area contributed by atoms with Crippen molar-refractivity contribution in [3.8, 4) is 0 Å². The summed E-state index contributed by atoms with van der Waals surface area (Å²) in [4.78, 5) is 27.8. The first kappa shape index (κ1) is 17.5. The summed E-state index contributed by atoms with van der Waals surface area (Å²) in [5, 5.41) is 9.22. The van der Waals surface area contributed by atoms with E-state index in [-0.39, 0.29) is 18.0 Å². The fourth-order valence-corrected chi connectivity index (χ4v) is 3.05. The first-order chi connectivity index (χ1) is 10.9. The third-order valence-electron chi connectivity index (χ3n) is 4.81. The van der Waals surface area contributed by atoms with Crippen LogP contribution in [0.15, 0.2) is 30.3 Å². The molecule has 1 saturated heterocycles. The number of likely N-dealkylation sites (N-methyl/N-ethyl adjacent to an activating group) is 1. The summed E-state index contributed by atoms with van der Waals surface area (Å²) in [5.74, 6) is -1.23. The fraction of sp³-hybridized carbons (Fsp3) is 0.556. The number of hydrogen-bond acceptors (Lipinski definition) is 3. The van der Waals surface area contributed by atoms with E-state index in [9.17, 15) is 14.7 Å². The quantitative estimate of drug-likeness (QED) is 0.904. The van der Waals surface area contributed by atoms with E-state index in [0.29, 0.717) is 19.5 Å². The average Bonchev–Trinajstić information content (AvgIpc) is 2.54. The molecule has 3 atom stereocenters. The molecule has 5 nitrogen and oxygen atoms in total. The highest BCUT2D eigenvalue weighted by Gasteiger charge is 2.35. The number of carboxylic acids is 1. The van der Waals surface area contributed by atoms with E-state index in [0.717, 1.165) is 12.0 Å². The van der Waals surface area contributed by atoms with E-state index in [4.69, 9.17) is 0 Å². The van der Waals surface area contributed by atoms with E-state index in [2.05, 4.69) is 0 Å². The van der Waals surface area contributed by atoms with Crippen LogP contribution in [-0.4, -0.2) is 52.5 Å². The summed E-state index contributed by atoms with van der Waals surface area (Å²) in [6.07, 6.45) is 1.40.